The lowest BCUT2D eigenvalue weighted by Gasteiger charge is -2.38. The molecule has 1 fully saturated rings. The highest BCUT2D eigenvalue weighted by Gasteiger charge is 2.28. The van der Waals surface area contributed by atoms with Gasteiger partial charge in [-0.2, -0.15) is 0 Å². The van der Waals surface area contributed by atoms with E-state index in [1.54, 1.807) is 0 Å². The second-order valence-corrected chi connectivity index (χ2v) is 5.49. The second kappa shape index (κ2) is 5.71. The van der Waals surface area contributed by atoms with Crippen LogP contribution in [0.15, 0.2) is 18.2 Å². The molecule has 0 unspecified atom stereocenters. The average Bonchev–Trinajstić information content (AvgIpc) is 2.60. The van der Waals surface area contributed by atoms with Gasteiger partial charge in [0.1, 0.15) is 0 Å². The first-order valence-electron chi connectivity index (χ1n) is 7.03. The van der Waals surface area contributed by atoms with E-state index in [-0.39, 0.29) is 6.42 Å². The molecule has 0 aromatic heterocycles. The predicted octanol–water partition coefficient (Wildman–Crippen LogP) is 1.75. The summed E-state index contributed by atoms with van der Waals surface area (Å²) in [5.41, 5.74) is 1.18. The van der Waals surface area contributed by atoms with Crippen molar-refractivity contribution >= 4 is 5.97 Å². The fraction of sp³-hybridized carbons (Fsp3) is 0.533. The zero-order valence-electron chi connectivity index (χ0n) is 11.4. The van der Waals surface area contributed by atoms with Crippen LogP contribution in [-0.4, -0.2) is 42.3 Å². The molecule has 0 atom stereocenters. The Bertz CT molecular complexity index is 497. The van der Waals surface area contributed by atoms with Crippen LogP contribution in [0.25, 0.3) is 0 Å². The quantitative estimate of drug-likeness (QED) is 0.908. The SMILES string of the molecule is O=C(O)CC1CN(Cc2ccc3c(c2)OCCCO3)C1. The van der Waals surface area contributed by atoms with Crippen molar-refractivity contribution < 1.29 is 19.4 Å². The fourth-order valence-corrected chi connectivity index (χ4v) is 2.75. The zero-order valence-corrected chi connectivity index (χ0v) is 11.4. The van der Waals surface area contributed by atoms with Crippen LogP contribution in [0.4, 0.5) is 0 Å². The fourth-order valence-electron chi connectivity index (χ4n) is 2.75. The highest BCUT2D eigenvalue weighted by Crippen LogP contribution is 2.31. The van der Waals surface area contributed by atoms with E-state index in [1.165, 1.54) is 5.56 Å². The first-order chi connectivity index (χ1) is 9.70. The van der Waals surface area contributed by atoms with Gasteiger partial charge >= 0.3 is 5.97 Å². The summed E-state index contributed by atoms with van der Waals surface area (Å²) in [5, 5.41) is 8.73. The number of benzene rings is 1. The summed E-state index contributed by atoms with van der Waals surface area (Å²) in [5.74, 6) is 1.24. The van der Waals surface area contributed by atoms with Crippen molar-refractivity contribution in [3.63, 3.8) is 0 Å². The van der Waals surface area contributed by atoms with Gasteiger partial charge in [0.15, 0.2) is 11.5 Å². The molecule has 1 aromatic carbocycles. The van der Waals surface area contributed by atoms with Crippen molar-refractivity contribution in [2.45, 2.75) is 19.4 Å². The van der Waals surface area contributed by atoms with Crippen molar-refractivity contribution in [3.8, 4) is 11.5 Å². The smallest absolute Gasteiger partial charge is 0.303 e. The number of carboxylic acid groups (broad SMARTS) is 1. The van der Waals surface area contributed by atoms with E-state index in [9.17, 15) is 4.79 Å². The zero-order chi connectivity index (χ0) is 13.9. The van der Waals surface area contributed by atoms with Crippen LogP contribution >= 0.6 is 0 Å². The van der Waals surface area contributed by atoms with Crippen molar-refractivity contribution in [1.29, 1.82) is 0 Å². The number of aliphatic carboxylic acids is 1. The Labute approximate surface area is 118 Å². The lowest BCUT2D eigenvalue weighted by atomic mass is 9.96. The minimum atomic E-state index is -0.703. The number of carboxylic acids is 1. The normalized spacial score (nSPS) is 19.2. The summed E-state index contributed by atoms with van der Waals surface area (Å²) in [6.45, 7) is 3.96. The molecule has 0 amide bonds. The molecular weight excluding hydrogens is 258 g/mol. The van der Waals surface area contributed by atoms with E-state index in [0.29, 0.717) is 19.1 Å². The van der Waals surface area contributed by atoms with Crippen LogP contribution in [-0.2, 0) is 11.3 Å². The summed E-state index contributed by atoms with van der Waals surface area (Å²) in [6, 6.07) is 6.05. The predicted molar refractivity (Wildman–Crippen MR) is 73.1 cm³/mol. The van der Waals surface area contributed by atoms with E-state index in [2.05, 4.69) is 11.0 Å². The molecule has 2 aliphatic heterocycles. The first kappa shape index (κ1) is 13.2. The summed E-state index contributed by atoms with van der Waals surface area (Å²) in [4.78, 5) is 12.9. The Hall–Kier alpha value is -1.75. The van der Waals surface area contributed by atoms with Gasteiger partial charge < -0.3 is 14.6 Å². The van der Waals surface area contributed by atoms with E-state index in [4.69, 9.17) is 14.6 Å². The molecule has 0 spiro atoms. The highest BCUT2D eigenvalue weighted by molar-refractivity contribution is 5.67. The van der Waals surface area contributed by atoms with Gasteiger partial charge in [-0.25, -0.2) is 0 Å². The van der Waals surface area contributed by atoms with Crippen LogP contribution in [0.2, 0.25) is 0 Å². The number of hydrogen-bond donors (Lipinski definition) is 1. The van der Waals surface area contributed by atoms with Gasteiger partial charge in [0, 0.05) is 26.1 Å². The van der Waals surface area contributed by atoms with E-state index >= 15 is 0 Å². The minimum absolute atomic E-state index is 0.275. The number of ether oxygens (including phenoxy) is 2. The third-order valence-corrected chi connectivity index (χ3v) is 3.71. The monoisotopic (exact) mass is 277 g/mol. The van der Waals surface area contributed by atoms with Crippen LogP contribution in [0.3, 0.4) is 0 Å². The molecule has 1 aromatic rings. The van der Waals surface area contributed by atoms with E-state index in [0.717, 1.165) is 37.6 Å². The molecule has 0 aliphatic carbocycles. The molecular formula is C15H19NO4. The number of nitrogens with zero attached hydrogens (tertiary/aromatic N) is 1. The van der Waals surface area contributed by atoms with Crippen LogP contribution in [0, 0.1) is 5.92 Å². The van der Waals surface area contributed by atoms with Crippen LogP contribution in [0.1, 0.15) is 18.4 Å². The maximum Gasteiger partial charge on any atom is 0.303 e. The highest BCUT2D eigenvalue weighted by atomic mass is 16.5. The Balaban J connectivity index is 1.56. The Morgan fingerprint density at radius 2 is 2.00 bits per heavy atom. The van der Waals surface area contributed by atoms with Crippen molar-refractivity contribution in [2.24, 2.45) is 5.92 Å². The second-order valence-electron chi connectivity index (χ2n) is 5.49. The summed E-state index contributed by atoms with van der Waals surface area (Å²) in [6.07, 6.45) is 1.19. The van der Waals surface area contributed by atoms with Crippen molar-refractivity contribution in [2.75, 3.05) is 26.3 Å². The van der Waals surface area contributed by atoms with Gasteiger partial charge in [-0.1, -0.05) is 6.07 Å². The maximum absolute atomic E-state index is 10.6. The molecule has 1 saturated heterocycles. The molecule has 0 bridgehead atoms. The molecule has 0 radical (unpaired) electrons. The van der Waals surface area contributed by atoms with Gasteiger partial charge in [-0.3, -0.25) is 9.69 Å². The number of hydrogen-bond acceptors (Lipinski definition) is 4. The molecule has 2 heterocycles. The molecule has 1 N–H and O–H groups in total. The lowest BCUT2D eigenvalue weighted by molar-refractivity contribution is -0.139. The van der Waals surface area contributed by atoms with Gasteiger partial charge in [-0.05, 0) is 23.6 Å². The molecule has 3 rings (SSSR count). The summed E-state index contributed by atoms with van der Waals surface area (Å²) < 4.78 is 11.3. The largest absolute Gasteiger partial charge is 0.490 e. The van der Waals surface area contributed by atoms with Crippen molar-refractivity contribution in [1.82, 2.24) is 4.90 Å². The Morgan fingerprint density at radius 1 is 1.25 bits per heavy atom. The molecule has 5 nitrogen and oxygen atoms in total. The number of rotatable bonds is 4. The lowest BCUT2D eigenvalue weighted by Crippen LogP contribution is -2.46. The van der Waals surface area contributed by atoms with E-state index < -0.39 is 5.97 Å². The average molecular weight is 277 g/mol. The van der Waals surface area contributed by atoms with E-state index in [1.807, 2.05) is 12.1 Å². The number of carbonyl (C=O) groups is 1. The maximum atomic E-state index is 10.6. The van der Waals surface area contributed by atoms with Gasteiger partial charge in [0.05, 0.1) is 19.6 Å². The summed E-state index contributed by atoms with van der Waals surface area (Å²) >= 11 is 0. The Morgan fingerprint density at radius 3 is 2.75 bits per heavy atom. The topological polar surface area (TPSA) is 59.0 Å². The summed E-state index contributed by atoms with van der Waals surface area (Å²) in [7, 11) is 0. The molecule has 20 heavy (non-hydrogen) atoms. The first-order valence-corrected chi connectivity index (χ1v) is 7.03. The molecule has 108 valence electrons. The molecule has 0 saturated carbocycles. The Kier molecular flexibility index (Phi) is 3.78. The number of fused-ring (bicyclic) bond motifs is 1. The van der Waals surface area contributed by atoms with Crippen molar-refractivity contribution in [3.05, 3.63) is 23.8 Å². The van der Waals surface area contributed by atoms with Gasteiger partial charge in [0.2, 0.25) is 0 Å². The minimum Gasteiger partial charge on any atom is -0.490 e. The van der Waals surface area contributed by atoms with Crippen LogP contribution < -0.4 is 9.47 Å². The van der Waals surface area contributed by atoms with Gasteiger partial charge in [-0.15, -0.1) is 0 Å². The molecule has 2 aliphatic rings. The number of likely N-dealkylation sites (tertiary alicyclic amines) is 1. The third kappa shape index (κ3) is 3.04. The third-order valence-electron chi connectivity index (χ3n) is 3.71. The van der Waals surface area contributed by atoms with Gasteiger partial charge in [0.25, 0.3) is 0 Å². The van der Waals surface area contributed by atoms with Crippen LogP contribution in [0.5, 0.6) is 11.5 Å². The molecule has 5 heteroatoms. The standard InChI is InChI=1S/C15H19NO4/c17-15(18)7-12-9-16(10-12)8-11-2-3-13-14(6-11)20-5-1-4-19-13/h2-3,6,12H,1,4-5,7-10H2,(H,17,18).